The largest absolute Gasteiger partial charge is 0.159 e. The Balaban J connectivity index is 0.000000200. The molecule has 0 bridgehead atoms. The fourth-order valence-electron chi connectivity index (χ4n) is 1.77. The van der Waals surface area contributed by atoms with Crippen LogP contribution >= 0.6 is 0 Å². The topological polar surface area (TPSA) is 51.6 Å². The molecule has 2 aromatic heterocycles. The molecule has 0 radical (unpaired) electrons. The van der Waals surface area contributed by atoms with Crippen molar-refractivity contribution in [2.45, 2.75) is 40.5 Å². The molecule has 20 heavy (non-hydrogen) atoms. The molecule has 4 nitrogen and oxygen atoms in total. The number of hydrogen-bond donors (Lipinski definition) is 0. The van der Waals surface area contributed by atoms with Gasteiger partial charge in [0.1, 0.15) is 0 Å². The first-order chi connectivity index (χ1) is 9.58. The van der Waals surface area contributed by atoms with E-state index < -0.39 is 0 Å². The average molecular weight is 272 g/mol. The lowest BCUT2D eigenvalue weighted by Crippen LogP contribution is -1.97. The molecular formula is C16H24N4. The van der Waals surface area contributed by atoms with Crippen molar-refractivity contribution >= 4 is 0 Å². The average Bonchev–Trinajstić information content (AvgIpc) is 2.40. The van der Waals surface area contributed by atoms with Crippen molar-refractivity contribution in [3.8, 4) is 0 Å². The van der Waals surface area contributed by atoms with E-state index in [0.717, 1.165) is 18.5 Å². The molecule has 2 aromatic rings. The summed E-state index contributed by atoms with van der Waals surface area (Å²) >= 11 is 0. The Labute approximate surface area is 121 Å². The highest BCUT2D eigenvalue weighted by Crippen LogP contribution is 2.04. The second-order valence-corrected chi connectivity index (χ2v) is 5.66. The summed E-state index contributed by atoms with van der Waals surface area (Å²) in [6, 6.07) is 5.94. The zero-order valence-electron chi connectivity index (χ0n) is 12.8. The van der Waals surface area contributed by atoms with E-state index in [9.17, 15) is 0 Å². The van der Waals surface area contributed by atoms with Crippen molar-refractivity contribution in [2.75, 3.05) is 0 Å². The van der Waals surface area contributed by atoms with E-state index in [2.05, 4.69) is 48.1 Å². The Morgan fingerprint density at radius 3 is 2.10 bits per heavy atom. The van der Waals surface area contributed by atoms with Gasteiger partial charge in [0.05, 0.1) is 11.9 Å². The van der Waals surface area contributed by atoms with E-state index in [4.69, 9.17) is 0 Å². The second kappa shape index (κ2) is 9.13. The zero-order chi connectivity index (χ0) is 14.8. The molecule has 0 aliphatic heterocycles. The Hall–Kier alpha value is -1.84. The van der Waals surface area contributed by atoms with E-state index in [-0.39, 0.29) is 0 Å². The molecule has 108 valence electrons. The van der Waals surface area contributed by atoms with E-state index in [1.807, 2.05) is 24.4 Å². The SMILES string of the molecule is CC(C)Cc1cccnn1.CC(C)Cc1ccnnc1. The van der Waals surface area contributed by atoms with Gasteiger partial charge in [0.15, 0.2) is 0 Å². The van der Waals surface area contributed by atoms with Crippen LogP contribution in [0.15, 0.2) is 36.8 Å². The van der Waals surface area contributed by atoms with Gasteiger partial charge in [-0.1, -0.05) is 27.7 Å². The summed E-state index contributed by atoms with van der Waals surface area (Å²) in [5, 5.41) is 15.2. The van der Waals surface area contributed by atoms with Crippen LogP contribution < -0.4 is 0 Å². The van der Waals surface area contributed by atoms with Crippen LogP contribution in [0.1, 0.15) is 39.0 Å². The maximum atomic E-state index is 3.97. The van der Waals surface area contributed by atoms with E-state index >= 15 is 0 Å². The second-order valence-electron chi connectivity index (χ2n) is 5.66. The molecule has 0 N–H and O–H groups in total. The number of rotatable bonds is 4. The first kappa shape index (κ1) is 16.2. The molecule has 0 saturated heterocycles. The molecule has 0 saturated carbocycles. The summed E-state index contributed by atoms with van der Waals surface area (Å²) in [5.41, 5.74) is 2.35. The van der Waals surface area contributed by atoms with Crippen LogP contribution in [0.4, 0.5) is 0 Å². The predicted molar refractivity (Wildman–Crippen MR) is 81.1 cm³/mol. The van der Waals surface area contributed by atoms with Gasteiger partial charge in [0.25, 0.3) is 0 Å². The summed E-state index contributed by atoms with van der Waals surface area (Å²) in [6.07, 6.45) is 7.37. The minimum atomic E-state index is 0.664. The van der Waals surface area contributed by atoms with Crippen molar-refractivity contribution in [2.24, 2.45) is 11.8 Å². The summed E-state index contributed by atoms with van der Waals surface area (Å²) in [7, 11) is 0. The van der Waals surface area contributed by atoms with Gasteiger partial charge in [-0.05, 0) is 48.4 Å². The molecule has 2 heterocycles. The van der Waals surface area contributed by atoms with E-state index in [0.29, 0.717) is 11.8 Å². The quantitative estimate of drug-likeness (QED) is 0.856. The molecule has 0 aliphatic rings. The van der Waals surface area contributed by atoms with Crippen LogP contribution in [0.2, 0.25) is 0 Å². The third-order valence-electron chi connectivity index (χ3n) is 2.53. The molecule has 0 unspecified atom stereocenters. The van der Waals surface area contributed by atoms with Gasteiger partial charge in [-0.15, -0.1) is 0 Å². The molecule has 0 spiro atoms. The monoisotopic (exact) mass is 272 g/mol. The summed E-state index contributed by atoms with van der Waals surface area (Å²) < 4.78 is 0. The maximum Gasteiger partial charge on any atom is 0.0633 e. The minimum absolute atomic E-state index is 0.664. The van der Waals surface area contributed by atoms with Crippen molar-refractivity contribution < 1.29 is 0 Å². The van der Waals surface area contributed by atoms with Crippen molar-refractivity contribution in [1.29, 1.82) is 0 Å². The number of hydrogen-bond acceptors (Lipinski definition) is 4. The molecule has 0 aliphatic carbocycles. The molecule has 2 rings (SSSR count). The highest BCUT2D eigenvalue weighted by atomic mass is 15.1. The van der Waals surface area contributed by atoms with Crippen LogP contribution in [-0.2, 0) is 12.8 Å². The van der Waals surface area contributed by atoms with Crippen LogP contribution in [0.5, 0.6) is 0 Å². The van der Waals surface area contributed by atoms with Crippen molar-refractivity contribution in [3.63, 3.8) is 0 Å². The Kier molecular flexibility index (Phi) is 7.40. The van der Waals surface area contributed by atoms with E-state index in [1.54, 1.807) is 12.4 Å². The Bertz CT molecular complexity index is 409. The summed E-state index contributed by atoms with van der Waals surface area (Å²) in [4.78, 5) is 0. The Morgan fingerprint density at radius 1 is 0.850 bits per heavy atom. The normalized spacial score (nSPS) is 10.3. The fourth-order valence-corrected chi connectivity index (χ4v) is 1.77. The molecule has 0 fully saturated rings. The minimum Gasteiger partial charge on any atom is -0.159 e. The predicted octanol–water partition coefficient (Wildman–Crippen LogP) is 3.35. The molecule has 4 heteroatoms. The van der Waals surface area contributed by atoms with E-state index in [1.165, 1.54) is 5.56 Å². The highest BCUT2D eigenvalue weighted by Gasteiger charge is 1.96. The molecular weight excluding hydrogens is 248 g/mol. The first-order valence-electron chi connectivity index (χ1n) is 7.10. The Morgan fingerprint density at radius 2 is 1.60 bits per heavy atom. The van der Waals surface area contributed by atoms with Gasteiger partial charge in [0.2, 0.25) is 0 Å². The van der Waals surface area contributed by atoms with Gasteiger partial charge >= 0.3 is 0 Å². The van der Waals surface area contributed by atoms with Gasteiger partial charge in [0, 0.05) is 12.4 Å². The number of aromatic nitrogens is 4. The van der Waals surface area contributed by atoms with Gasteiger partial charge < -0.3 is 0 Å². The maximum absolute atomic E-state index is 3.97. The third kappa shape index (κ3) is 7.56. The lowest BCUT2D eigenvalue weighted by Gasteiger charge is -2.01. The first-order valence-corrected chi connectivity index (χ1v) is 7.10. The van der Waals surface area contributed by atoms with Crippen LogP contribution in [0.3, 0.4) is 0 Å². The van der Waals surface area contributed by atoms with Crippen LogP contribution in [-0.4, -0.2) is 20.4 Å². The standard InChI is InChI=1S/2C8H12N2/c1-7(2)5-8-3-4-9-10-6-8;1-7(2)6-8-4-3-5-9-10-8/h3-4,6-7H,5H2,1-2H3;3-5,7H,6H2,1-2H3. The molecule has 0 amide bonds. The van der Waals surface area contributed by atoms with Gasteiger partial charge in [-0.25, -0.2) is 0 Å². The lowest BCUT2D eigenvalue weighted by molar-refractivity contribution is 0.628. The van der Waals surface area contributed by atoms with Gasteiger partial charge in [-0.2, -0.15) is 20.4 Å². The lowest BCUT2D eigenvalue weighted by atomic mass is 10.1. The van der Waals surface area contributed by atoms with Crippen molar-refractivity contribution in [1.82, 2.24) is 20.4 Å². The van der Waals surface area contributed by atoms with Crippen LogP contribution in [0, 0.1) is 11.8 Å². The van der Waals surface area contributed by atoms with Crippen molar-refractivity contribution in [3.05, 3.63) is 48.0 Å². The third-order valence-corrected chi connectivity index (χ3v) is 2.53. The fraction of sp³-hybridized carbons (Fsp3) is 0.500. The summed E-state index contributed by atoms with van der Waals surface area (Å²) in [5.74, 6) is 1.36. The number of nitrogens with zero attached hydrogens (tertiary/aromatic N) is 4. The highest BCUT2D eigenvalue weighted by molar-refractivity contribution is 5.05. The van der Waals surface area contributed by atoms with Crippen LogP contribution in [0.25, 0.3) is 0 Å². The molecule has 0 aromatic carbocycles. The van der Waals surface area contributed by atoms with Gasteiger partial charge in [-0.3, -0.25) is 0 Å². The zero-order valence-corrected chi connectivity index (χ0v) is 12.8. The molecule has 0 atom stereocenters. The summed E-state index contributed by atoms with van der Waals surface area (Å²) in [6.45, 7) is 8.74. The smallest absolute Gasteiger partial charge is 0.0633 e.